The predicted octanol–water partition coefficient (Wildman–Crippen LogP) is 5.05. The van der Waals surface area contributed by atoms with Gasteiger partial charge in [-0.05, 0) is 55.1 Å². The van der Waals surface area contributed by atoms with Crippen molar-refractivity contribution in [3.8, 4) is 0 Å². The Bertz CT molecular complexity index is 650. The third-order valence-corrected chi connectivity index (χ3v) is 5.04. The second kappa shape index (κ2) is 5.68. The number of fused-ring (bicyclic) bond motifs is 1. The third-order valence-electron chi connectivity index (χ3n) is 4.72. The first-order chi connectivity index (χ1) is 9.67. The summed E-state index contributed by atoms with van der Waals surface area (Å²) < 4.78 is 16.1. The molecule has 1 heterocycles. The van der Waals surface area contributed by atoms with Gasteiger partial charge in [0.25, 0.3) is 0 Å². The molecule has 0 saturated heterocycles. The van der Waals surface area contributed by atoms with Crippen LogP contribution in [0.15, 0.2) is 18.2 Å². The normalized spacial score (nSPS) is 23.3. The van der Waals surface area contributed by atoms with Crippen molar-refractivity contribution in [1.82, 2.24) is 9.55 Å². The zero-order chi connectivity index (χ0) is 14.1. The molecule has 0 radical (unpaired) electrons. The van der Waals surface area contributed by atoms with Crippen LogP contribution >= 0.6 is 12.2 Å². The van der Waals surface area contributed by atoms with Gasteiger partial charge < -0.3 is 9.55 Å². The zero-order valence-corrected chi connectivity index (χ0v) is 12.7. The fraction of sp³-hybridized carbons (Fsp3) is 0.562. The first kappa shape index (κ1) is 13.8. The molecule has 1 aliphatic carbocycles. The zero-order valence-electron chi connectivity index (χ0n) is 11.9. The van der Waals surface area contributed by atoms with Crippen molar-refractivity contribution < 1.29 is 4.39 Å². The average Bonchev–Trinajstić information content (AvgIpc) is 2.75. The lowest BCUT2D eigenvalue weighted by molar-refractivity contribution is 0.248. The first-order valence-corrected chi connectivity index (χ1v) is 7.96. The second-order valence-corrected chi connectivity index (χ2v) is 6.38. The molecule has 3 rings (SSSR count). The molecular weight excluding hydrogens is 271 g/mol. The minimum atomic E-state index is -0.218. The van der Waals surface area contributed by atoms with Gasteiger partial charge in [-0.3, -0.25) is 0 Å². The predicted molar refractivity (Wildman–Crippen MR) is 82.8 cm³/mol. The molecule has 0 atom stereocenters. The number of H-pyrrole nitrogens is 1. The quantitative estimate of drug-likeness (QED) is 0.785. The van der Waals surface area contributed by atoms with E-state index in [1.165, 1.54) is 44.2 Å². The summed E-state index contributed by atoms with van der Waals surface area (Å²) in [6, 6.07) is 4.86. The van der Waals surface area contributed by atoms with Gasteiger partial charge in [0.15, 0.2) is 4.77 Å². The molecule has 2 aromatic rings. The maximum Gasteiger partial charge on any atom is 0.178 e. The summed E-state index contributed by atoms with van der Waals surface area (Å²) in [6.07, 6.45) is 6.55. The maximum absolute atomic E-state index is 13.3. The lowest BCUT2D eigenvalue weighted by Crippen LogP contribution is -2.18. The molecule has 0 bridgehead atoms. The van der Waals surface area contributed by atoms with Crippen LogP contribution in [0.3, 0.4) is 0 Å². The number of aromatic amines is 1. The van der Waals surface area contributed by atoms with Crippen LogP contribution in [0.2, 0.25) is 0 Å². The molecule has 20 heavy (non-hydrogen) atoms. The molecule has 108 valence electrons. The van der Waals surface area contributed by atoms with Gasteiger partial charge in [0.05, 0.1) is 11.0 Å². The summed E-state index contributed by atoms with van der Waals surface area (Å²) in [5.41, 5.74) is 1.83. The molecule has 2 nitrogen and oxygen atoms in total. The lowest BCUT2D eigenvalue weighted by Gasteiger charge is -2.28. The molecule has 1 saturated carbocycles. The van der Waals surface area contributed by atoms with Crippen LogP contribution in [0.25, 0.3) is 11.0 Å². The monoisotopic (exact) mass is 292 g/mol. The van der Waals surface area contributed by atoms with E-state index in [-0.39, 0.29) is 5.82 Å². The molecule has 0 unspecified atom stereocenters. The summed E-state index contributed by atoms with van der Waals surface area (Å²) >= 11 is 5.40. The lowest BCUT2D eigenvalue weighted by atomic mass is 9.81. The molecule has 0 aliphatic heterocycles. The van der Waals surface area contributed by atoms with Crippen molar-refractivity contribution in [1.29, 1.82) is 0 Å². The van der Waals surface area contributed by atoms with Crippen LogP contribution in [0, 0.1) is 22.4 Å². The van der Waals surface area contributed by atoms with Crippen molar-refractivity contribution in [2.24, 2.45) is 11.8 Å². The van der Waals surface area contributed by atoms with Crippen molar-refractivity contribution in [2.45, 2.75) is 45.6 Å². The van der Waals surface area contributed by atoms with Crippen LogP contribution in [-0.4, -0.2) is 9.55 Å². The van der Waals surface area contributed by atoms with Crippen molar-refractivity contribution in [2.75, 3.05) is 0 Å². The Kier molecular flexibility index (Phi) is 3.92. The van der Waals surface area contributed by atoms with Crippen LogP contribution < -0.4 is 0 Å². The summed E-state index contributed by atoms with van der Waals surface area (Å²) in [7, 11) is 0. The number of halogens is 1. The molecule has 0 spiro atoms. The Labute approximate surface area is 124 Å². The Morgan fingerprint density at radius 2 is 1.95 bits per heavy atom. The molecule has 1 N–H and O–H groups in total. The minimum Gasteiger partial charge on any atom is -0.330 e. The highest BCUT2D eigenvalue weighted by Crippen LogP contribution is 2.32. The number of rotatable bonds is 3. The number of imidazole rings is 1. The second-order valence-electron chi connectivity index (χ2n) is 6.00. The van der Waals surface area contributed by atoms with Gasteiger partial charge in [0.2, 0.25) is 0 Å². The van der Waals surface area contributed by atoms with E-state index in [0.29, 0.717) is 10.7 Å². The van der Waals surface area contributed by atoms with Crippen LogP contribution in [-0.2, 0) is 6.54 Å². The minimum absolute atomic E-state index is 0.218. The highest BCUT2D eigenvalue weighted by atomic mass is 32.1. The van der Waals surface area contributed by atoms with Crippen molar-refractivity contribution >= 4 is 23.3 Å². The summed E-state index contributed by atoms with van der Waals surface area (Å²) in [4.78, 5) is 3.12. The van der Waals surface area contributed by atoms with Crippen molar-refractivity contribution in [3.63, 3.8) is 0 Å². The number of benzene rings is 1. The fourth-order valence-corrected chi connectivity index (χ4v) is 3.68. The van der Waals surface area contributed by atoms with Crippen LogP contribution in [0.1, 0.15) is 39.0 Å². The topological polar surface area (TPSA) is 20.7 Å². The maximum atomic E-state index is 13.3. The number of hydrogen-bond donors (Lipinski definition) is 1. The smallest absolute Gasteiger partial charge is 0.178 e. The number of aromatic nitrogens is 2. The van der Waals surface area contributed by atoms with E-state index < -0.39 is 0 Å². The Hall–Kier alpha value is -1.16. The molecule has 1 aliphatic rings. The molecule has 4 heteroatoms. The van der Waals surface area contributed by atoms with E-state index in [1.807, 2.05) is 6.07 Å². The van der Waals surface area contributed by atoms with Crippen LogP contribution in [0.5, 0.6) is 0 Å². The Morgan fingerprint density at radius 1 is 1.25 bits per heavy atom. The largest absolute Gasteiger partial charge is 0.330 e. The van der Waals surface area contributed by atoms with Gasteiger partial charge in [-0.15, -0.1) is 0 Å². The molecule has 1 fully saturated rings. The van der Waals surface area contributed by atoms with E-state index in [4.69, 9.17) is 12.2 Å². The Morgan fingerprint density at radius 3 is 2.65 bits per heavy atom. The Balaban J connectivity index is 1.81. The first-order valence-electron chi connectivity index (χ1n) is 7.55. The number of nitrogens with one attached hydrogen (secondary N) is 1. The standard InChI is InChI=1S/C16H21FN2S/c1-2-11-3-5-12(6-4-11)10-19-15-8-7-13(17)9-14(15)18-16(19)20/h7-9,11-12H,2-6,10H2,1H3,(H,18,20). The molecule has 1 aromatic heterocycles. The van der Waals surface area contributed by atoms with E-state index in [1.54, 1.807) is 0 Å². The van der Waals surface area contributed by atoms with Crippen molar-refractivity contribution in [3.05, 3.63) is 28.8 Å². The summed E-state index contributed by atoms with van der Waals surface area (Å²) in [6.45, 7) is 3.25. The summed E-state index contributed by atoms with van der Waals surface area (Å²) in [5.74, 6) is 1.40. The van der Waals surface area contributed by atoms with Crippen LogP contribution in [0.4, 0.5) is 4.39 Å². The highest BCUT2D eigenvalue weighted by molar-refractivity contribution is 7.71. The summed E-state index contributed by atoms with van der Waals surface area (Å²) in [5, 5.41) is 0. The van der Waals surface area contributed by atoms with Gasteiger partial charge in [-0.25, -0.2) is 4.39 Å². The van der Waals surface area contributed by atoms with Gasteiger partial charge in [-0.1, -0.05) is 26.2 Å². The number of nitrogens with zero attached hydrogens (tertiary/aromatic N) is 1. The molecule has 0 amide bonds. The fourth-order valence-electron chi connectivity index (χ4n) is 3.40. The molecule has 1 aromatic carbocycles. The number of hydrogen-bond acceptors (Lipinski definition) is 1. The van der Waals surface area contributed by atoms with Gasteiger partial charge in [-0.2, -0.15) is 0 Å². The molecular formula is C16H21FN2S. The van der Waals surface area contributed by atoms with E-state index in [9.17, 15) is 4.39 Å². The van der Waals surface area contributed by atoms with Gasteiger partial charge in [0.1, 0.15) is 5.82 Å². The SMILES string of the molecule is CCC1CCC(Cn2c(=S)[nH]c3cc(F)ccc32)CC1. The van der Waals surface area contributed by atoms with Gasteiger partial charge >= 0.3 is 0 Å². The van der Waals surface area contributed by atoms with E-state index in [2.05, 4.69) is 16.5 Å². The van der Waals surface area contributed by atoms with Gasteiger partial charge in [0, 0.05) is 6.54 Å². The highest BCUT2D eigenvalue weighted by Gasteiger charge is 2.21. The third kappa shape index (κ3) is 2.66. The average molecular weight is 292 g/mol. The van der Waals surface area contributed by atoms with E-state index in [0.717, 1.165) is 23.5 Å². The van der Waals surface area contributed by atoms with E-state index >= 15 is 0 Å².